The molecule has 4 heteroatoms. The molecule has 1 aliphatic carbocycles. The second-order valence-electron chi connectivity index (χ2n) is 7.67. The van der Waals surface area contributed by atoms with Crippen LogP contribution in [0, 0.1) is 5.92 Å². The molecule has 0 bridgehead atoms. The van der Waals surface area contributed by atoms with Crippen molar-refractivity contribution in [2.24, 2.45) is 5.92 Å². The standard InChI is InChI=1S/C24H27NO2.ClH/c26-24(27)20-13-16-25(17-14-20)15-5-10-23-21-8-3-1-6-18(21)11-12-19-7-2-4-9-22(19)23;/h1-4,6-10,20H,5,11-17H2,(H,26,27);1H. The third-order valence-electron chi connectivity index (χ3n) is 6.01. The van der Waals surface area contributed by atoms with Crippen LogP contribution >= 0.6 is 12.4 Å². The number of rotatable bonds is 4. The molecule has 0 aromatic heterocycles. The van der Waals surface area contributed by atoms with Gasteiger partial charge in [-0.3, -0.25) is 4.79 Å². The van der Waals surface area contributed by atoms with Gasteiger partial charge in [-0.2, -0.15) is 0 Å². The highest BCUT2D eigenvalue weighted by atomic mass is 35.5. The van der Waals surface area contributed by atoms with Gasteiger partial charge in [-0.05, 0) is 73.0 Å². The predicted molar refractivity (Wildman–Crippen MR) is 116 cm³/mol. The zero-order chi connectivity index (χ0) is 18.6. The Bertz CT molecular complexity index is 804. The summed E-state index contributed by atoms with van der Waals surface area (Å²) in [6.45, 7) is 2.79. The third-order valence-corrected chi connectivity index (χ3v) is 6.01. The van der Waals surface area contributed by atoms with E-state index in [0.717, 1.165) is 51.7 Å². The first-order valence-electron chi connectivity index (χ1n) is 10.0. The van der Waals surface area contributed by atoms with E-state index in [0.29, 0.717) is 0 Å². The van der Waals surface area contributed by atoms with Crippen LogP contribution in [-0.2, 0) is 17.6 Å². The van der Waals surface area contributed by atoms with Crippen LogP contribution in [-0.4, -0.2) is 35.6 Å². The van der Waals surface area contributed by atoms with Crippen molar-refractivity contribution in [3.63, 3.8) is 0 Å². The first-order valence-corrected chi connectivity index (χ1v) is 10.0. The Labute approximate surface area is 173 Å². The topological polar surface area (TPSA) is 40.5 Å². The summed E-state index contributed by atoms with van der Waals surface area (Å²) in [5.74, 6) is -0.788. The summed E-state index contributed by atoms with van der Waals surface area (Å²) in [5, 5.41) is 9.16. The molecule has 0 radical (unpaired) electrons. The summed E-state index contributed by atoms with van der Waals surface area (Å²) >= 11 is 0. The van der Waals surface area contributed by atoms with Crippen LogP contribution in [0.2, 0.25) is 0 Å². The van der Waals surface area contributed by atoms with Gasteiger partial charge < -0.3 is 10.0 Å². The number of likely N-dealkylation sites (tertiary alicyclic amines) is 1. The number of piperidine rings is 1. The molecule has 1 fully saturated rings. The number of nitrogens with zero attached hydrogens (tertiary/aromatic N) is 1. The molecule has 1 aliphatic heterocycles. The molecule has 0 spiro atoms. The van der Waals surface area contributed by atoms with Crippen LogP contribution in [0.3, 0.4) is 0 Å². The lowest BCUT2D eigenvalue weighted by Crippen LogP contribution is -2.36. The van der Waals surface area contributed by atoms with E-state index >= 15 is 0 Å². The lowest BCUT2D eigenvalue weighted by atomic mass is 9.93. The van der Waals surface area contributed by atoms with Gasteiger partial charge >= 0.3 is 5.97 Å². The number of benzene rings is 2. The van der Waals surface area contributed by atoms with Gasteiger partial charge in [0.2, 0.25) is 0 Å². The Balaban J connectivity index is 0.00000225. The fourth-order valence-electron chi connectivity index (χ4n) is 4.43. The van der Waals surface area contributed by atoms with Crippen molar-refractivity contribution >= 4 is 23.9 Å². The van der Waals surface area contributed by atoms with Crippen LogP contribution in [0.5, 0.6) is 0 Å². The van der Waals surface area contributed by atoms with Gasteiger partial charge in [0, 0.05) is 6.54 Å². The van der Waals surface area contributed by atoms with Crippen molar-refractivity contribution in [3.05, 3.63) is 76.9 Å². The van der Waals surface area contributed by atoms with E-state index in [1.165, 1.54) is 27.8 Å². The molecule has 0 amide bonds. The zero-order valence-corrected chi connectivity index (χ0v) is 17.0. The largest absolute Gasteiger partial charge is 0.481 e. The van der Waals surface area contributed by atoms with E-state index in [9.17, 15) is 4.79 Å². The minimum absolute atomic E-state index is 0. The summed E-state index contributed by atoms with van der Waals surface area (Å²) in [6.07, 6.45) is 7.12. The van der Waals surface area contributed by atoms with Crippen molar-refractivity contribution in [2.75, 3.05) is 19.6 Å². The van der Waals surface area contributed by atoms with Crippen molar-refractivity contribution in [1.82, 2.24) is 4.90 Å². The SMILES string of the molecule is Cl.O=C(O)C1CCN(CCC=C2c3ccccc3CCc3ccccc32)CC1. The zero-order valence-electron chi connectivity index (χ0n) is 16.1. The molecule has 4 rings (SSSR count). The molecule has 3 nitrogen and oxygen atoms in total. The van der Waals surface area contributed by atoms with Crippen LogP contribution < -0.4 is 0 Å². The molecule has 0 atom stereocenters. The lowest BCUT2D eigenvalue weighted by molar-refractivity contribution is -0.143. The number of halogens is 1. The van der Waals surface area contributed by atoms with Crippen molar-refractivity contribution in [2.45, 2.75) is 32.1 Å². The Hall–Kier alpha value is -2.10. The van der Waals surface area contributed by atoms with Crippen LogP contribution in [0.25, 0.3) is 5.57 Å². The lowest BCUT2D eigenvalue weighted by Gasteiger charge is -2.29. The van der Waals surface area contributed by atoms with Crippen molar-refractivity contribution < 1.29 is 9.90 Å². The third kappa shape index (κ3) is 4.48. The Morgan fingerprint density at radius 2 is 1.50 bits per heavy atom. The van der Waals surface area contributed by atoms with E-state index in [4.69, 9.17) is 5.11 Å². The number of hydrogen-bond acceptors (Lipinski definition) is 2. The van der Waals surface area contributed by atoms with Gasteiger partial charge in [-0.1, -0.05) is 54.6 Å². The number of fused-ring (bicyclic) bond motifs is 2. The summed E-state index contributed by atoms with van der Waals surface area (Å²) in [6, 6.07) is 17.6. The average molecular weight is 398 g/mol. The molecule has 2 aromatic carbocycles. The van der Waals surface area contributed by atoms with Gasteiger partial charge in [-0.25, -0.2) is 0 Å². The maximum atomic E-state index is 11.1. The maximum Gasteiger partial charge on any atom is 0.306 e. The van der Waals surface area contributed by atoms with Gasteiger partial charge in [-0.15, -0.1) is 12.4 Å². The van der Waals surface area contributed by atoms with Gasteiger partial charge in [0.05, 0.1) is 5.92 Å². The molecule has 0 unspecified atom stereocenters. The summed E-state index contributed by atoms with van der Waals surface area (Å²) in [4.78, 5) is 13.5. The Kier molecular flexibility index (Phi) is 6.93. The Morgan fingerprint density at radius 3 is 2.04 bits per heavy atom. The highest BCUT2D eigenvalue weighted by Crippen LogP contribution is 2.33. The monoisotopic (exact) mass is 397 g/mol. The van der Waals surface area contributed by atoms with E-state index < -0.39 is 5.97 Å². The summed E-state index contributed by atoms with van der Waals surface area (Å²) in [7, 11) is 0. The second kappa shape index (κ2) is 9.40. The van der Waals surface area contributed by atoms with Crippen LogP contribution in [0.1, 0.15) is 41.5 Å². The van der Waals surface area contributed by atoms with Crippen molar-refractivity contribution in [1.29, 1.82) is 0 Å². The molecular weight excluding hydrogens is 370 g/mol. The van der Waals surface area contributed by atoms with Gasteiger partial charge in [0.1, 0.15) is 0 Å². The molecule has 1 heterocycles. The van der Waals surface area contributed by atoms with E-state index in [-0.39, 0.29) is 18.3 Å². The maximum absolute atomic E-state index is 11.1. The van der Waals surface area contributed by atoms with E-state index in [2.05, 4.69) is 59.5 Å². The first kappa shape index (κ1) is 20.6. The smallest absolute Gasteiger partial charge is 0.306 e. The molecule has 1 N–H and O–H groups in total. The normalized spacial score (nSPS) is 17.1. The number of carboxylic acids is 1. The summed E-state index contributed by atoms with van der Waals surface area (Å²) < 4.78 is 0. The minimum atomic E-state index is -0.636. The molecule has 2 aliphatic rings. The first-order chi connectivity index (χ1) is 13.2. The predicted octanol–water partition coefficient (Wildman–Crippen LogP) is 4.83. The van der Waals surface area contributed by atoms with E-state index in [1.54, 1.807) is 0 Å². The fraction of sp³-hybridized carbons (Fsp3) is 0.375. The molecule has 0 saturated carbocycles. The number of aryl methyl sites for hydroxylation is 2. The number of hydrogen-bond donors (Lipinski definition) is 1. The summed E-state index contributed by atoms with van der Waals surface area (Å²) in [5.41, 5.74) is 6.96. The molecule has 1 saturated heterocycles. The Morgan fingerprint density at radius 1 is 0.964 bits per heavy atom. The van der Waals surface area contributed by atoms with Gasteiger partial charge in [0.25, 0.3) is 0 Å². The molecular formula is C24H28ClNO2. The van der Waals surface area contributed by atoms with Crippen LogP contribution in [0.15, 0.2) is 54.6 Å². The molecule has 28 heavy (non-hydrogen) atoms. The highest BCUT2D eigenvalue weighted by molar-refractivity contribution is 5.85. The second-order valence-corrected chi connectivity index (χ2v) is 7.67. The number of carbonyl (C=O) groups is 1. The molecule has 2 aromatic rings. The number of aliphatic carboxylic acids is 1. The minimum Gasteiger partial charge on any atom is -0.481 e. The highest BCUT2D eigenvalue weighted by Gasteiger charge is 2.24. The van der Waals surface area contributed by atoms with Crippen LogP contribution in [0.4, 0.5) is 0 Å². The molecule has 148 valence electrons. The van der Waals surface area contributed by atoms with Crippen molar-refractivity contribution in [3.8, 4) is 0 Å². The van der Waals surface area contributed by atoms with Gasteiger partial charge in [0.15, 0.2) is 0 Å². The number of carboxylic acid groups (broad SMARTS) is 1. The average Bonchev–Trinajstić information content (AvgIpc) is 2.86. The quantitative estimate of drug-likeness (QED) is 0.803. The van der Waals surface area contributed by atoms with E-state index in [1.807, 2.05) is 0 Å². The fourth-order valence-corrected chi connectivity index (χ4v) is 4.43.